The van der Waals surface area contributed by atoms with Gasteiger partial charge in [0.2, 0.25) is 0 Å². The molecule has 3 aromatic carbocycles. The van der Waals surface area contributed by atoms with E-state index in [1.54, 1.807) is 42.5 Å². The highest BCUT2D eigenvalue weighted by molar-refractivity contribution is 7.92. The first-order valence-electron chi connectivity index (χ1n) is 8.80. The molecule has 0 aliphatic heterocycles. The fourth-order valence-electron chi connectivity index (χ4n) is 2.55. The van der Waals surface area contributed by atoms with Crippen LogP contribution in [0.1, 0.15) is 17.3 Å². The predicted molar refractivity (Wildman–Crippen MR) is 114 cm³/mol. The van der Waals surface area contributed by atoms with Crippen LogP contribution in [0, 0.1) is 0 Å². The first kappa shape index (κ1) is 20.7. The second kappa shape index (κ2) is 8.98. The number of hydrogen-bond donors (Lipinski definition) is 2. The Hall–Kier alpha value is -3.03. The van der Waals surface area contributed by atoms with E-state index in [0.29, 0.717) is 23.6 Å². The minimum Gasteiger partial charge on any atom is -0.494 e. The van der Waals surface area contributed by atoms with Crippen LogP contribution in [0.3, 0.4) is 0 Å². The van der Waals surface area contributed by atoms with Crippen molar-refractivity contribution in [1.29, 1.82) is 0 Å². The van der Waals surface area contributed by atoms with Crippen molar-refractivity contribution in [3.63, 3.8) is 0 Å². The van der Waals surface area contributed by atoms with Crippen LogP contribution in [0.15, 0.2) is 77.7 Å². The molecule has 0 atom stereocenters. The van der Waals surface area contributed by atoms with Gasteiger partial charge in [0.25, 0.3) is 15.9 Å². The minimum absolute atomic E-state index is 0.115. The SMILES string of the molecule is CCOc1ccc(NC(=O)c2ccc(NS(=O)(=O)c3ccccc3)c(Cl)c2)cc1. The van der Waals surface area contributed by atoms with Gasteiger partial charge < -0.3 is 10.1 Å². The molecule has 0 saturated heterocycles. The van der Waals surface area contributed by atoms with Crippen molar-refractivity contribution in [3.8, 4) is 5.75 Å². The van der Waals surface area contributed by atoms with E-state index >= 15 is 0 Å². The summed E-state index contributed by atoms with van der Waals surface area (Å²) in [6.07, 6.45) is 0. The maximum absolute atomic E-state index is 12.5. The molecule has 0 saturated carbocycles. The zero-order valence-electron chi connectivity index (χ0n) is 15.6. The molecule has 2 N–H and O–H groups in total. The monoisotopic (exact) mass is 430 g/mol. The molecule has 0 unspecified atom stereocenters. The van der Waals surface area contributed by atoms with E-state index in [1.807, 2.05) is 6.92 Å². The van der Waals surface area contributed by atoms with Crippen molar-refractivity contribution in [3.05, 3.63) is 83.4 Å². The van der Waals surface area contributed by atoms with Crippen molar-refractivity contribution >= 4 is 38.9 Å². The van der Waals surface area contributed by atoms with Crippen LogP contribution >= 0.6 is 11.6 Å². The highest BCUT2D eigenvalue weighted by Crippen LogP contribution is 2.26. The average Bonchev–Trinajstić information content (AvgIpc) is 2.71. The molecule has 29 heavy (non-hydrogen) atoms. The molecule has 0 heterocycles. The number of sulfonamides is 1. The third-order valence-electron chi connectivity index (χ3n) is 3.95. The van der Waals surface area contributed by atoms with E-state index in [0.717, 1.165) is 0 Å². The van der Waals surface area contributed by atoms with E-state index in [2.05, 4.69) is 10.0 Å². The number of hydrogen-bond acceptors (Lipinski definition) is 4. The van der Waals surface area contributed by atoms with E-state index in [-0.39, 0.29) is 21.5 Å². The van der Waals surface area contributed by atoms with E-state index in [1.165, 1.54) is 30.3 Å². The first-order valence-corrected chi connectivity index (χ1v) is 10.7. The average molecular weight is 431 g/mol. The summed E-state index contributed by atoms with van der Waals surface area (Å²) in [5, 5.41) is 2.87. The normalized spacial score (nSPS) is 11.0. The van der Waals surface area contributed by atoms with Gasteiger partial charge in [-0.15, -0.1) is 0 Å². The first-order chi connectivity index (χ1) is 13.9. The predicted octanol–water partition coefficient (Wildman–Crippen LogP) is 4.79. The van der Waals surface area contributed by atoms with Gasteiger partial charge in [0.15, 0.2) is 0 Å². The van der Waals surface area contributed by atoms with Gasteiger partial charge in [-0.05, 0) is 61.5 Å². The highest BCUT2D eigenvalue weighted by Gasteiger charge is 2.16. The Morgan fingerprint density at radius 1 is 1.00 bits per heavy atom. The van der Waals surface area contributed by atoms with Gasteiger partial charge in [-0.3, -0.25) is 9.52 Å². The number of ether oxygens (including phenoxy) is 1. The van der Waals surface area contributed by atoms with Crippen molar-refractivity contribution in [2.24, 2.45) is 0 Å². The van der Waals surface area contributed by atoms with Crippen molar-refractivity contribution in [2.75, 3.05) is 16.6 Å². The molecule has 0 spiro atoms. The second-order valence-corrected chi connectivity index (χ2v) is 8.11. The molecule has 0 aliphatic carbocycles. The van der Waals surface area contributed by atoms with E-state index in [9.17, 15) is 13.2 Å². The van der Waals surface area contributed by atoms with Gasteiger partial charge in [0.1, 0.15) is 5.75 Å². The van der Waals surface area contributed by atoms with Gasteiger partial charge in [-0.1, -0.05) is 29.8 Å². The fraction of sp³-hybridized carbons (Fsp3) is 0.0952. The molecule has 0 bridgehead atoms. The van der Waals surface area contributed by atoms with Crippen molar-refractivity contribution in [1.82, 2.24) is 0 Å². The number of halogens is 1. The zero-order valence-corrected chi connectivity index (χ0v) is 17.1. The van der Waals surface area contributed by atoms with Gasteiger partial charge in [-0.2, -0.15) is 0 Å². The lowest BCUT2D eigenvalue weighted by Gasteiger charge is -2.11. The summed E-state index contributed by atoms with van der Waals surface area (Å²) in [5.74, 6) is 0.345. The van der Waals surface area contributed by atoms with Crippen LogP contribution in [0.25, 0.3) is 0 Å². The van der Waals surface area contributed by atoms with Crippen LogP contribution < -0.4 is 14.8 Å². The molecule has 0 aliphatic rings. The van der Waals surface area contributed by atoms with Crippen LogP contribution in [0.4, 0.5) is 11.4 Å². The molecular formula is C21H19ClN2O4S. The molecule has 1 amide bonds. The maximum atomic E-state index is 12.5. The molecule has 0 aromatic heterocycles. The summed E-state index contributed by atoms with van der Waals surface area (Å²) in [6, 6.07) is 19.3. The van der Waals surface area contributed by atoms with Crippen LogP contribution in [-0.2, 0) is 10.0 Å². The number of benzene rings is 3. The molecule has 3 aromatic rings. The van der Waals surface area contributed by atoms with Crippen LogP contribution in [0.5, 0.6) is 5.75 Å². The lowest BCUT2D eigenvalue weighted by molar-refractivity contribution is 0.102. The number of rotatable bonds is 7. The lowest BCUT2D eigenvalue weighted by Crippen LogP contribution is -2.14. The Bertz CT molecular complexity index is 1100. The third-order valence-corrected chi connectivity index (χ3v) is 5.65. The third kappa shape index (κ3) is 5.28. The van der Waals surface area contributed by atoms with E-state index in [4.69, 9.17) is 16.3 Å². The lowest BCUT2D eigenvalue weighted by atomic mass is 10.2. The number of carbonyl (C=O) groups is 1. The Morgan fingerprint density at radius 2 is 1.69 bits per heavy atom. The number of anilines is 2. The molecule has 3 rings (SSSR count). The zero-order chi connectivity index (χ0) is 20.9. The topological polar surface area (TPSA) is 84.5 Å². The van der Waals surface area contributed by atoms with E-state index < -0.39 is 10.0 Å². The summed E-state index contributed by atoms with van der Waals surface area (Å²) in [7, 11) is -3.77. The minimum atomic E-state index is -3.77. The smallest absolute Gasteiger partial charge is 0.261 e. The molecular weight excluding hydrogens is 412 g/mol. The summed E-state index contributed by atoms with van der Waals surface area (Å²) in [6.45, 7) is 2.45. The summed E-state index contributed by atoms with van der Waals surface area (Å²) >= 11 is 6.20. The summed E-state index contributed by atoms with van der Waals surface area (Å²) < 4.78 is 32.7. The Balaban J connectivity index is 1.72. The van der Waals surface area contributed by atoms with Gasteiger partial charge in [0.05, 0.1) is 22.2 Å². The Morgan fingerprint density at radius 3 is 2.31 bits per heavy atom. The standard InChI is InChI=1S/C21H19ClN2O4S/c1-2-28-17-11-9-16(10-12-17)23-21(25)15-8-13-20(19(22)14-15)24-29(26,27)18-6-4-3-5-7-18/h3-14,24H,2H2,1H3,(H,23,25). The summed E-state index contributed by atoms with van der Waals surface area (Å²) in [5.41, 5.74) is 1.09. The van der Waals surface area contributed by atoms with Crippen molar-refractivity contribution < 1.29 is 17.9 Å². The Labute approximate surface area is 174 Å². The molecule has 150 valence electrons. The maximum Gasteiger partial charge on any atom is 0.261 e. The number of amides is 1. The largest absolute Gasteiger partial charge is 0.494 e. The molecule has 8 heteroatoms. The quantitative estimate of drug-likeness (QED) is 0.564. The van der Waals surface area contributed by atoms with Crippen LogP contribution in [-0.4, -0.2) is 20.9 Å². The number of nitrogens with one attached hydrogen (secondary N) is 2. The summed E-state index contributed by atoms with van der Waals surface area (Å²) in [4.78, 5) is 12.6. The fourth-order valence-corrected chi connectivity index (χ4v) is 3.93. The van der Waals surface area contributed by atoms with Crippen LogP contribution in [0.2, 0.25) is 5.02 Å². The second-order valence-electron chi connectivity index (χ2n) is 6.02. The molecule has 6 nitrogen and oxygen atoms in total. The van der Waals surface area contributed by atoms with Gasteiger partial charge in [-0.25, -0.2) is 8.42 Å². The van der Waals surface area contributed by atoms with Gasteiger partial charge in [0, 0.05) is 11.3 Å². The Kier molecular flexibility index (Phi) is 6.41. The molecule has 0 fully saturated rings. The van der Waals surface area contributed by atoms with Gasteiger partial charge >= 0.3 is 0 Å². The number of carbonyl (C=O) groups excluding carboxylic acids is 1. The highest BCUT2D eigenvalue weighted by atomic mass is 35.5. The molecule has 0 radical (unpaired) electrons. The van der Waals surface area contributed by atoms with Crippen molar-refractivity contribution in [2.45, 2.75) is 11.8 Å².